The van der Waals surface area contributed by atoms with Crippen molar-refractivity contribution in [1.29, 1.82) is 0 Å². The van der Waals surface area contributed by atoms with Crippen LogP contribution in [0.3, 0.4) is 0 Å². The molecule has 0 fully saturated rings. The molecule has 3 amide bonds. The first-order valence-electron chi connectivity index (χ1n) is 8.42. The number of aliphatic carboxylic acids is 1. The highest BCUT2D eigenvalue weighted by Gasteiger charge is 2.31. The Morgan fingerprint density at radius 2 is 1.48 bits per heavy atom. The van der Waals surface area contributed by atoms with Crippen LogP contribution in [0, 0.1) is 11.8 Å². The molecule has 0 spiro atoms. The zero-order chi connectivity index (χ0) is 19.7. The molecule has 0 heterocycles. The summed E-state index contributed by atoms with van der Waals surface area (Å²) in [5, 5.41) is 14.0. The highest BCUT2D eigenvalue weighted by Crippen LogP contribution is 2.09. The molecule has 0 aliphatic carbocycles. The molecule has 9 heteroatoms. The van der Waals surface area contributed by atoms with Crippen LogP contribution in [0.1, 0.15) is 47.0 Å². The van der Waals surface area contributed by atoms with Crippen molar-refractivity contribution in [1.82, 2.24) is 10.6 Å². The molecule has 144 valence electrons. The minimum atomic E-state index is -1.27. The summed E-state index contributed by atoms with van der Waals surface area (Å²) in [5.74, 6) is -3.81. The van der Waals surface area contributed by atoms with E-state index in [1.54, 1.807) is 20.8 Å². The Morgan fingerprint density at radius 3 is 1.88 bits per heavy atom. The van der Waals surface area contributed by atoms with E-state index in [-0.39, 0.29) is 11.8 Å². The number of carboxylic acids is 1. The number of hydrogen-bond acceptors (Lipinski definition) is 5. The van der Waals surface area contributed by atoms with Crippen molar-refractivity contribution >= 4 is 23.7 Å². The van der Waals surface area contributed by atoms with Gasteiger partial charge in [0.2, 0.25) is 17.7 Å². The second-order valence-electron chi connectivity index (χ2n) is 6.35. The minimum absolute atomic E-state index is 0.121. The summed E-state index contributed by atoms with van der Waals surface area (Å²) < 4.78 is 0. The van der Waals surface area contributed by atoms with E-state index in [0.29, 0.717) is 12.8 Å². The fraction of sp³-hybridized carbons (Fsp3) is 0.750. The van der Waals surface area contributed by atoms with Crippen LogP contribution in [0.15, 0.2) is 0 Å². The van der Waals surface area contributed by atoms with Crippen LogP contribution in [0.2, 0.25) is 0 Å². The number of carboxylic acid groups (broad SMARTS) is 1. The lowest BCUT2D eigenvalue weighted by atomic mass is 9.97. The molecular formula is C16H30N4O5. The van der Waals surface area contributed by atoms with Crippen molar-refractivity contribution in [2.24, 2.45) is 23.3 Å². The van der Waals surface area contributed by atoms with Gasteiger partial charge in [-0.15, -0.1) is 0 Å². The Balaban J connectivity index is 5.18. The number of amides is 3. The van der Waals surface area contributed by atoms with Gasteiger partial charge in [0.15, 0.2) is 0 Å². The molecule has 0 saturated carbocycles. The average molecular weight is 358 g/mol. The van der Waals surface area contributed by atoms with Gasteiger partial charge in [-0.05, 0) is 11.8 Å². The Kier molecular flexibility index (Phi) is 9.73. The standard InChI is InChI=1S/C16H30N4O5/c1-5-8(3)12(18)15(23)19-10(7-11(17)21)14(22)20-13(16(24)25)9(4)6-2/h8-10,12-13H,5-7,18H2,1-4H3,(H2,17,21)(H,19,23)(H,20,22)(H,24,25)/t8-,9-,10-,12-,13-/m0/s1. The van der Waals surface area contributed by atoms with E-state index in [1.165, 1.54) is 0 Å². The maximum absolute atomic E-state index is 12.4. The first-order valence-corrected chi connectivity index (χ1v) is 8.42. The van der Waals surface area contributed by atoms with Crippen LogP contribution in [0.25, 0.3) is 0 Å². The van der Waals surface area contributed by atoms with Crippen LogP contribution in [-0.2, 0) is 19.2 Å². The zero-order valence-corrected chi connectivity index (χ0v) is 15.2. The summed E-state index contributed by atoms with van der Waals surface area (Å²) in [6, 6.07) is -3.25. The van der Waals surface area contributed by atoms with Crippen molar-refractivity contribution in [2.75, 3.05) is 0 Å². The second-order valence-corrected chi connectivity index (χ2v) is 6.35. The van der Waals surface area contributed by atoms with Gasteiger partial charge in [0.1, 0.15) is 12.1 Å². The Hall–Kier alpha value is -2.16. The van der Waals surface area contributed by atoms with Gasteiger partial charge in [0.25, 0.3) is 0 Å². The molecule has 9 nitrogen and oxygen atoms in total. The molecule has 0 radical (unpaired) electrons. The molecular weight excluding hydrogens is 328 g/mol. The maximum Gasteiger partial charge on any atom is 0.326 e. The number of carbonyl (C=O) groups is 4. The number of carbonyl (C=O) groups excluding carboxylic acids is 3. The first kappa shape index (κ1) is 22.8. The Bertz CT molecular complexity index is 497. The first-order chi connectivity index (χ1) is 11.5. The highest BCUT2D eigenvalue weighted by molar-refractivity contribution is 5.94. The van der Waals surface area contributed by atoms with Gasteiger partial charge in [-0.25, -0.2) is 4.79 Å². The summed E-state index contributed by atoms with van der Waals surface area (Å²) in [4.78, 5) is 47.1. The third-order valence-corrected chi connectivity index (χ3v) is 4.37. The molecule has 5 atom stereocenters. The third-order valence-electron chi connectivity index (χ3n) is 4.37. The summed E-state index contributed by atoms with van der Waals surface area (Å²) >= 11 is 0. The molecule has 0 aromatic carbocycles. The van der Waals surface area contributed by atoms with Gasteiger partial charge in [0, 0.05) is 0 Å². The quantitative estimate of drug-likeness (QED) is 0.329. The van der Waals surface area contributed by atoms with E-state index >= 15 is 0 Å². The molecule has 0 bridgehead atoms. The van der Waals surface area contributed by atoms with Crippen molar-refractivity contribution in [2.45, 2.75) is 65.1 Å². The van der Waals surface area contributed by atoms with E-state index in [0.717, 1.165) is 0 Å². The number of nitrogens with one attached hydrogen (secondary N) is 2. The minimum Gasteiger partial charge on any atom is -0.480 e. The van der Waals surface area contributed by atoms with Crippen LogP contribution in [-0.4, -0.2) is 46.9 Å². The van der Waals surface area contributed by atoms with Gasteiger partial charge in [0.05, 0.1) is 12.5 Å². The van der Waals surface area contributed by atoms with Crippen molar-refractivity contribution in [3.63, 3.8) is 0 Å². The summed E-state index contributed by atoms with van der Waals surface area (Å²) in [6.07, 6.45) is 0.747. The molecule has 0 aliphatic heterocycles. The Labute approximate surface area is 147 Å². The molecule has 0 rings (SSSR count). The smallest absolute Gasteiger partial charge is 0.326 e. The Morgan fingerprint density at radius 1 is 0.960 bits per heavy atom. The van der Waals surface area contributed by atoms with E-state index < -0.39 is 48.2 Å². The van der Waals surface area contributed by atoms with Gasteiger partial charge >= 0.3 is 5.97 Å². The third kappa shape index (κ3) is 7.51. The van der Waals surface area contributed by atoms with Gasteiger partial charge < -0.3 is 27.2 Å². The van der Waals surface area contributed by atoms with E-state index in [4.69, 9.17) is 11.5 Å². The summed E-state index contributed by atoms with van der Waals surface area (Å²) in [7, 11) is 0. The molecule has 0 unspecified atom stereocenters. The zero-order valence-electron chi connectivity index (χ0n) is 15.2. The molecule has 7 N–H and O–H groups in total. The van der Waals surface area contributed by atoms with Crippen molar-refractivity contribution in [3.8, 4) is 0 Å². The fourth-order valence-corrected chi connectivity index (χ4v) is 2.13. The van der Waals surface area contributed by atoms with Crippen molar-refractivity contribution < 1.29 is 24.3 Å². The van der Waals surface area contributed by atoms with Crippen LogP contribution in [0.5, 0.6) is 0 Å². The van der Waals surface area contributed by atoms with E-state index in [2.05, 4.69) is 10.6 Å². The molecule has 0 aromatic heterocycles. The average Bonchev–Trinajstić information content (AvgIpc) is 2.55. The predicted molar refractivity (Wildman–Crippen MR) is 92.2 cm³/mol. The monoisotopic (exact) mass is 358 g/mol. The largest absolute Gasteiger partial charge is 0.480 e. The fourth-order valence-electron chi connectivity index (χ4n) is 2.13. The second kappa shape index (κ2) is 10.7. The predicted octanol–water partition coefficient (Wildman–Crippen LogP) is -0.664. The molecule has 0 aliphatic rings. The van der Waals surface area contributed by atoms with Crippen molar-refractivity contribution in [3.05, 3.63) is 0 Å². The molecule has 0 saturated heterocycles. The maximum atomic E-state index is 12.4. The van der Waals surface area contributed by atoms with Crippen LogP contribution in [0.4, 0.5) is 0 Å². The number of nitrogens with two attached hydrogens (primary N) is 2. The van der Waals surface area contributed by atoms with E-state index in [1.807, 2.05) is 6.92 Å². The van der Waals surface area contributed by atoms with Gasteiger partial charge in [-0.3, -0.25) is 14.4 Å². The van der Waals surface area contributed by atoms with Crippen LogP contribution >= 0.6 is 0 Å². The van der Waals surface area contributed by atoms with E-state index in [9.17, 15) is 24.3 Å². The van der Waals surface area contributed by atoms with Gasteiger partial charge in [-0.1, -0.05) is 40.5 Å². The normalized spacial score (nSPS) is 16.8. The number of primary amides is 1. The lowest BCUT2D eigenvalue weighted by Gasteiger charge is -2.25. The molecule has 0 aromatic rings. The van der Waals surface area contributed by atoms with Gasteiger partial charge in [-0.2, -0.15) is 0 Å². The topological polar surface area (TPSA) is 165 Å². The SMILES string of the molecule is CC[C@H](C)[C@H](N)C(=O)N[C@@H](CC(N)=O)C(=O)N[C@H](C(=O)O)[C@@H](C)CC. The number of rotatable bonds is 11. The van der Waals surface area contributed by atoms with Crippen LogP contribution < -0.4 is 22.1 Å². The molecule has 25 heavy (non-hydrogen) atoms. The highest BCUT2D eigenvalue weighted by atomic mass is 16.4. The number of hydrogen-bond donors (Lipinski definition) is 5. The summed E-state index contributed by atoms with van der Waals surface area (Å²) in [6.45, 7) is 7.13. The lowest BCUT2D eigenvalue weighted by Crippen LogP contribution is -2.57. The summed E-state index contributed by atoms with van der Waals surface area (Å²) in [5.41, 5.74) is 10.9. The lowest BCUT2D eigenvalue weighted by molar-refractivity contribution is -0.143.